The summed E-state index contributed by atoms with van der Waals surface area (Å²) >= 11 is 5.77. The van der Waals surface area contributed by atoms with Gasteiger partial charge in [0, 0.05) is 23.7 Å². The highest BCUT2D eigenvalue weighted by molar-refractivity contribution is 6.30. The maximum absolute atomic E-state index is 12.1. The zero-order chi connectivity index (χ0) is 13.5. The minimum atomic E-state index is -0.166. The van der Waals surface area contributed by atoms with Crippen LogP contribution >= 0.6 is 11.6 Å². The highest BCUT2D eigenvalue weighted by Gasteiger charge is 2.16. The van der Waals surface area contributed by atoms with E-state index in [-0.39, 0.29) is 18.4 Å². The number of hydrogen-bond acceptors (Lipinski definition) is 2. The SMILES string of the molecule is CCNC(=O)CN(CC)C(=O)c1ccc(Cl)cc1. The molecule has 0 unspecified atom stereocenters. The van der Waals surface area contributed by atoms with Crippen molar-refractivity contribution < 1.29 is 9.59 Å². The van der Waals surface area contributed by atoms with Gasteiger partial charge in [0.15, 0.2) is 0 Å². The second-order valence-corrected chi connectivity index (χ2v) is 4.22. The fourth-order valence-electron chi connectivity index (χ4n) is 1.53. The highest BCUT2D eigenvalue weighted by Crippen LogP contribution is 2.11. The van der Waals surface area contributed by atoms with Gasteiger partial charge in [0.1, 0.15) is 0 Å². The van der Waals surface area contributed by atoms with Gasteiger partial charge in [0.25, 0.3) is 5.91 Å². The third-order valence-corrected chi connectivity index (χ3v) is 2.72. The largest absolute Gasteiger partial charge is 0.355 e. The van der Waals surface area contributed by atoms with E-state index in [4.69, 9.17) is 11.6 Å². The summed E-state index contributed by atoms with van der Waals surface area (Å²) < 4.78 is 0. The first-order chi connectivity index (χ1) is 8.58. The van der Waals surface area contributed by atoms with E-state index in [0.29, 0.717) is 23.7 Å². The Morgan fingerprint density at radius 2 is 1.83 bits per heavy atom. The molecule has 0 bridgehead atoms. The molecule has 4 nitrogen and oxygen atoms in total. The Kier molecular flexibility index (Phi) is 5.65. The maximum atomic E-state index is 12.1. The van der Waals surface area contributed by atoms with Crippen LogP contribution in [0.15, 0.2) is 24.3 Å². The molecule has 1 rings (SSSR count). The normalized spacial score (nSPS) is 9.94. The molecule has 5 heteroatoms. The quantitative estimate of drug-likeness (QED) is 0.887. The van der Waals surface area contributed by atoms with Crippen molar-refractivity contribution in [2.45, 2.75) is 13.8 Å². The van der Waals surface area contributed by atoms with Gasteiger partial charge in [-0.25, -0.2) is 0 Å². The Labute approximate surface area is 112 Å². The minimum absolute atomic E-state index is 0.0752. The Morgan fingerprint density at radius 1 is 1.22 bits per heavy atom. The van der Waals surface area contributed by atoms with E-state index in [1.165, 1.54) is 4.90 Å². The van der Waals surface area contributed by atoms with Gasteiger partial charge < -0.3 is 10.2 Å². The van der Waals surface area contributed by atoms with E-state index in [2.05, 4.69) is 5.32 Å². The summed E-state index contributed by atoms with van der Waals surface area (Å²) in [5.41, 5.74) is 0.533. The predicted octanol–water partition coefficient (Wildman–Crippen LogP) is 1.94. The lowest BCUT2D eigenvalue weighted by Crippen LogP contribution is -2.40. The molecule has 98 valence electrons. The van der Waals surface area contributed by atoms with Crippen molar-refractivity contribution in [3.8, 4) is 0 Å². The fourth-order valence-corrected chi connectivity index (χ4v) is 1.65. The molecule has 0 spiro atoms. The molecule has 1 N–H and O–H groups in total. The van der Waals surface area contributed by atoms with Crippen LogP contribution in [0.1, 0.15) is 24.2 Å². The van der Waals surface area contributed by atoms with E-state index >= 15 is 0 Å². The Morgan fingerprint density at radius 3 is 2.33 bits per heavy atom. The summed E-state index contributed by atoms with van der Waals surface area (Å²) in [6.07, 6.45) is 0. The molecule has 1 aromatic carbocycles. The van der Waals surface area contributed by atoms with Crippen LogP contribution in [-0.2, 0) is 4.79 Å². The van der Waals surface area contributed by atoms with Crippen LogP contribution < -0.4 is 5.32 Å². The van der Waals surface area contributed by atoms with Crippen molar-refractivity contribution in [2.75, 3.05) is 19.6 Å². The zero-order valence-corrected chi connectivity index (χ0v) is 11.3. The molecular formula is C13H17ClN2O2. The van der Waals surface area contributed by atoms with Crippen LogP contribution in [0.25, 0.3) is 0 Å². The van der Waals surface area contributed by atoms with Gasteiger partial charge in [0.2, 0.25) is 5.91 Å². The molecule has 0 atom stereocenters. The van der Waals surface area contributed by atoms with Crippen LogP contribution in [0.5, 0.6) is 0 Å². The number of halogens is 1. The van der Waals surface area contributed by atoms with Gasteiger partial charge in [-0.05, 0) is 38.1 Å². The van der Waals surface area contributed by atoms with Gasteiger partial charge in [-0.15, -0.1) is 0 Å². The molecule has 0 aliphatic heterocycles. The minimum Gasteiger partial charge on any atom is -0.355 e. The third-order valence-electron chi connectivity index (χ3n) is 2.47. The number of likely N-dealkylation sites (N-methyl/N-ethyl adjacent to an activating group) is 2. The molecule has 1 aromatic rings. The molecular weight excluding hydrogens is 252 g/mol. The second-order valence-electron chi connectivity index (χ2n) is 3.78. The molecule has 18 heavy (non-hydrogen) atoms. The number of nitrogens with zero attached hydrogens (tertiary/aromatic N) is 1. The number of amides is 2. The summed E-state index contributed by atoms with van der Waals surface area (Å²) in [7, 11) is 0. The van der Waals surface area contributed by atoms with Crippen molar-refractivity contribution >= 4 is 23.4 Å². The number of carbonyl (C=O) groups is 2. The number of hydrogen-bond donors (Lipinski definition) is 1. The molecule has 2 amide bonds. The predicted molar refractivity (Wildman–Crippen MR) is 71.7 cm³/mol. The molecule has 0 aromatic heterocycles. The van der Waals surface area contributed by atoms with E-state index in [1.54, 1.807) is 24.3 Å². The summed E-state index contributed by atoms with van der Waals surface area (Å²) in [5, 5.41) is 3.25. The van der Waals surface area contributed by atoms with Crippen LogP contribution in [0, 0.1) is 0 Å². The highest BCUT2D eigenvalue weighted by atomic mass is 35.5. The van der Waals surface area contributed by atoms with E-state index in [0.717, 1.165) is 0 Å². The van der Waals surface area contributed by atoms with Gasteiger partial charge in [-0.3, -0.25) is 9.59 Å². The second kappa shape index (κ2) is 7.01. The molecule has 0 heterocycles. The van der Waals surface area contributed by atoms with Crippen molar-refractivity contribution in [2.24, 2.45) is 0 Å². The Balaban J connectivity index is 2.73. The lowest BCUT2D eigenvalue weighted by atomic mass is 10.2. The average molecular weight is 269 g/mol. The number of benzene rings is 1. The number of rotatable bonds is 5. The Bertz CT molecular complexity index is 418. The lowest BCUT2D eigenvalue weighted by Gasteiger charge is -2.20. The van der Waals surface area contributed by atoms with Crippen LogP contribution in [0.3, 0.4) is 0 Å². The van der Waals surface area contributed by atoms with Gasteiger partial charge in [-0.2, -0.15) is 0 Å². The third kappa shape index (κ3) is 4.04. The first-order valence-corrected chi connectivity index (χ1v) is 6.27. The summed E-state index contributed by atoms with van der Waals surface area (Å²) in [5.74, 6) is -0.318. The summed E-state index contributed by atoms with van der Waals surface area (Å²) in [6, 6.07) is 6.64. The first kappa shape index (κ1) is 14.5. The van der Waals surface area contributed by atoms with Crippen LogP contribution in [-0.4, -0.2) is 36.3 Å². The topological polar surface area (TPSA) is 49.4 Å². The Hall–Kier alpha value is -1.55. The van der Waals surface area contributed by atoms with Crippen LogP contribution in [0.4, 0.5) is 0 Å². The molecule has 0 aliphatic carbocycles. The van der Waals surface area contributed by atoms with Crippen molar-refractivity contribution in [3.05, 3.63) is 34.9 Å². The number of nitrogens with one attached hydrogen (secondary N) is 1. The van der Waals surface area contributed by atoms with Crippen LogP contribution in [0.2, 0.25) is 5.02 Å². The first-order valence-electron chi connectivity index (χ1n) is 5.90. The van der Waals surface area contributed by atoms with Gasteiger partial charge in [0.05, 0.1) is 6.54 Å². The molecule has 0 fully saturated rings. The average Bonchev–Trinajstić information content (AvgIpc) is 2.36. The van der Waals surface area contributed by atoms with Crippen molar-refractivity contribution in [3.63, 3.8) is 0 Å². The van der Waals surface area contributed by atoms with E-state index in [1.807, 2.05) is 13.8 Å². The molecule has 0 radical (unpaired) electrons. The zero-order valence-electron chi connectivity index (χ0n) is 10.6. The van der Waals surface area contributed by atoms with Gasteiger partial charge in [-0.1, -0.05) is 11.6 Å². The standard InChI is InChI=1S/C13H17ClN2O2/c1-3-15-12(17)9-16(4-2)13(18)10-5-7-11(14)8-6-10/h5-8H,3-4,9H2,1-2H3,(H,15,17). The number of carbonyl (C=O) groups excluding carboxylic acids is 2. The molecule has 0 saturated heterocycles. The smallest absolute Gasteiger partial charge is 0.254 e. The maximum Gasteiger partial charge on any atom is 0.254 e. The summed E-state index contributed by atoms with van der Waals surface area (Å²) in [6.45, 7) is 4.80. The fraction of sp³-hybridized carbons (Fsp3) is 0.385. The van der Waals surface area contributed by atoms with Crippen molar-refractivity contribution in [1.82, 2.24) is 10.2 Å². The van der Waals surface area contributed by atoms with Crippen molar-refractivity contribution in [1.29, 1.82) is 0 Å². The molecule has 0 aliphatic rings. The molecule has 0 saturated carbocycles. The van der Waals surface area contributed by atoms with E-state index in [9.17, 15) is 9.59 Å². The summed E-state index contributed by atoms with van der Waals surface area (Å²) in [4.78, 5) is 25.1. The lowest BCUT2D eigenvalue weighted by molar-refractivity contribution is -0.121. The van der Waals surface area contributed by atoms with E-state index < -0.39 is 0 Å². The monoisotopic (exact) mass is 268 g/mol. The van der Waals surface area contributed by atoms with Gasteiger partial charge >= 0.3 is 0 Å².